The molecule has 0 fully saturated rings. The molecule has 0 bridgehead atoms. The second kappa shape index (κ2) is 6.22. The third-order valence-electron chi connectivity index (χ3n) is 2.39. The minimum atomic E-state index is -0.178. The van der Waals surface area contributed by atoms with Gasteiger partial charge in [0.1, 0.15) is 0 Å². The van der Waals surface area contributed by atoms with Gasteiger partial charge in [0, 0.05) is 12.6 Å². The predicted molar refractivity (Wildman–Crippen MR) is 58.5 cm³/mol. The van der Waals surface area contributed by atoms with E-state index in [1.54, 1.807) is 17.1 Å². The lowest BCUT2D eigenvalue weighted by Crippen LogP contribution is -2.41. The molecule has 0 saturated carbocycles. The van der Waals surface area contributed by atoms with E-state index in [-0.39, 0.29) is 24.5 Å². The van der Waals surface area contributed by atoms with E-state index < -0.39 is 0 Å². The smallest absolute Gasteiger partial charge is 0.222 e. The van der Waals surface area contributed by atoms with Crippen molar-refractivity contribution >= 4 is 5.91 Å². The minimum Gasteiger partial charge on any atom is -0.394 e. The molecule has 16 heavy (non-hydrogen) atoms. The zero-order valence-corrected chi connectivity index (χ0v) is 9.63. The Morgan fingerprint density at radius 2 is 2.31 bits per heavy atom. The summed E-state index contributed by atoms with van der Waals surface area (Å²) in [6.45, 7) is 4.38. The van der Waals surface area contributed by atoms with Gasteiger partial charge in [0.25, 0.3) is 0 Å². The number of nitrogens with one attached hydrogen (secondary N) is 1. The van der Waals surface area contributed by atoms with Crippen molar-refractivity contribution in [1.29, 1.82) is 0 Å². The van der Waals surface area contributed by atoms with Crippen molar-refractivity contribution in [2.24, 2.45) is 5.92 Å². The molecule has 0 spiro atoms. The summed E-state index contributed by atoms with van der Waals surface area (Å²) in [6, 6.07) is -0.178. The molecule has 0 aromatic carbocycles. The number of hydrogen-bond donors (Lipinski definition) is 2. The highest BCUT2D eigenvalue weighted by atomic mass is 16.3. The number of carbonyl (C=O) groups is 1. The average Bonchev–Trinajstić information content (AvgIpc) is 2.75. The van der Waals surface area contributed by atoms with Crippen molar-refractivity contribution in [3.8, 4) is 0 Å². The highest BCUT2D eigenvalue weighted by Crippen LogP contribution is 2.00. The number of aromatic nitrogens is 3. The van der Waals surface area contributed by atoms with Crippen molar-refractivity contribution in [2.75, 3.05) is 6.61 Å². The molecule has 6 nitrogen and oxygen atoms in total. The van der Waals surface area contributed by atoms with Crippen LogP contribution in [-0.4, -0.2) is 38.7 Å². The summed E-state index contributed by atoms with van der Waals surface area (Å²) in [7, 11) is 0. The quantitative estimate of drug-likeness (QED) is 0.704. The standard InChI is InChI=1S/C10H18N4O2/c1-8(2)9(7-15)12-10(16)3-5-14-6-4-11-13-14/h4,6,8-9,15H,3,5,7H2,1-2H3,(H,12,16)/t9-/m1/s1. The summed E-state index contributed by atoms with van der Waals surface area (Å²) >= 11 is 0. The summed E-state index contributed by atoms with van der Waals surface area (Å²) in [5, 5.41) is 19.2. The van der Waals surface area contributed by atoms with Gasteiger partial charge >= 0.3 is 0 Å². The van der Waals surface area contributed by atoms with Crippen LogP contribution in [0.25, 0.3) is 0 Å². The monoisotopic (exact) mass is 226 g/mol. The fraction of sp³-hybridized carbons (Fsp3) is 0.700. The third kappa shape index (κ3) is 3.98. The minimum absolute atomic E-state index is 0.0350. The maximum absolute atomic E-state index is 11.5. The molecule has 0 saturated heterocycles. The summed E-state index contributed by atoms with van der Waals surface area (Å²) in [5.41, 5.74) is 0. The molecule has 1 atom stereocenters. The Kier molecular flexibility index (Phi) is 4.91. The fourth-order valence-electron chi connectivity index (χ4n) is 1.27. The van der Waals surface area contributed by atoms with Gasteiger partial charge in [-0.2, -0.15) is 0 Å². The lowest BCUT2D eigenvalue weighted by molar-refractivity contribution is -0.122. The first-order chi connectivity index (χ1) is 7.63. The first-order valence-corrected chi connectivity index (χ1v) is 5.37. The van der Waals surface area contributed by atoms with Gasteiger partial charge in [-0.3, -0.25) is 9.48 Å². The topological polar surface area (TPSA) is 80.0 Å². The highest BCUT2D eigenvalue weighted by Gasteiger charge is 2.14. The van der Waals surface area contributed by atoms with Gasteiger partial charge in [0.15, 0.2) is 0 Å². The van der Waals surface area contributed by atoms with Crippen LogP contribution in [0, 0.1) is 5.92 Å². The van der Waals surface area contributed by atoms with Crippen LogP contribution in [0.4, 0.5) is 0 Å². The molecule has 90 valence electrons. The number of amides is 1. The Balaban J connectivity index is 2.30. The molecule has 1 amide bonds. The van der Waals surface area contributed by atoms with Crippen molar-refractivity contribution < 1.29 is 9.90 Å². The Bertz CT molecular complexity index is 311. The van der Waals surface area contributed by atoms with Gasteiger partial charge in [-0.25, -0.2) is 0 Å². The van der Waals surface area contributed by atoms with Crippen molar-refractivity contribution in [1.82, 2.24) is 20.3 Å². The van der Waals surface area contributed by atoms with E-state index in [4.69, 9.17) is 5.11 Å². The molecule has 1 aromatic rings. The van der Waals surface area contributed by atoms with Crippen molar-refractivity contribution in [2.45, 2.75) is 32.9 Å². The summed E-state index contributed by atoms with van der Waals surface area (Å²) in [5.74, 6) is 0.142. The summed E-state index contributed by atoms with van der Waals surface area (Å²) in [4.78, 5) is 11.5. The first-order valence-electron chi connectivity index (χ1n) is 5.37. The second-order valence-corrected chi connectivity index (χ2v) is 4.02. The van der Waals surface area contributed by atoms with Crippen molar-refractivity contribution in [3.63, 3.8) is 0 Å². The molecule has 6 heteroatoms. The third-order valence-corrected chi connectivity index (χ3v) is 2.39. The van der Waals surface area contributed by atoms with Crippen LogP contribution in [0.15, 0.2) is 12.4 Å². The molecule has 0 aliphatic heterocycles. The Morgan fingerprint density at radius 1 is 1.56 bits per heavy atom. The zero-order chi connectivity index (χ0) is 12.0. The van der Waals surface area contributed by atoms with Crippen LogP contribution in [0.1, 0.15) is 20.3 Å². The molecule has 0 aliphatic rings. The molecular formula is C10H18N4O2. The van der Waals surface area contributed by atoms with E-state index in [0.29, 0.717) is 13.0 Å². The van der Waals surface area contributed by atoms with Gasteiger partial charge in [0.05, 0.1) is 25.4 Å². The number of nitrogens with zero attached hydrogens (tertiary/aromatic N) is 3. The molecule has 1 rings (SSSR count). The van der Waals surface area contributed by atoms with Gasteiger partial charge < -0.3 is 10.4 Å². The van der Waals surface area contributed by atoms with Crippen molar-refractivity contribution in [3.05, 3.63) is 12.4 Å². The Hall–Kier alpha value is -1.43. The summed E-state index contributed by atoms with van der Waals surface area (Å²) in [6.07, 6.45) is 3.62. The van der Waals surface area contributed by atoms with E-state index in [1.165, 1.54) is 0 Å². The van der Waals surface area contributed by atoms with Crippen LogP contribution in [0.5, 0.6) is 0 Å². The van der Waals surface area contributed by atoms with Crippen LogP contribution >= 0.6 is 0 Å². The van der Waals surface area contributed by atoms with E-state index in [0.717, 1.165) is 0 Å². The normalized spacial score (nSPS) is 12.8. The zero-order valence-electron chi connectivity index (χ0n) is 9.63. The van der Waals surface area contributed by atoms with Gasteiger partial charge in [-0.15, -0.1) is 5.10 Å². The largest absolute Gasteiger partial charge is 0.394 e. The number of hydrogen-bond acceptors (Lipinski definition) is 4. The van der Waals surface area contributed by atoms with E-state index in [1.807, 2.05) is 13.8 Å². The highest BCUT2D eigenvalue weighted by molar-refractivity contribution is 5.76. The van der Waals surface area contributed by atoms with Crippen LogP contribution in [0.3, 0.4) is 0 Å². The first kappa shape index (κ1) is 12.6. The molecule has 2 N–H and O–H groups in total. The maximum Gasteiger partial charge on any atom is 0.222 e. The molecule has 0 aliphatic carbocycles. The number of aliphatic hydroxyl groups excluding tert-OH is 1. The molecular weight excluding hydrogens is 208 g/mol. The number of aliphatic hydroxyl groups is 1. The molecule has 1 heterocycles. The average molecular weight is 226 g/mol. The van der Waals surface area contributed by atoms with Gasteiger partial charge in [0.2, 0.25) is 5.91 Å². The number of carbonyl (C=O) groups excluding carboxylic acids is 1. The Labute approximate surface area is 94.7 Å². The SMILES string of the molecule is CC(C)[C@@H](CO)NC(=O)CCn1ccnn1. The summed E-state index contributed by atoms with van der Waals surface area (Å²) < 4.78 is 1.60. The van der Waals surface area contributed by atoms with E-state index >= 15 is 0 Å². The lowest BCUT2D eigenvalue weighted by atomic mass is 10.1. The molecule has 0 unspecified atom stereocenters. The van der Waals surface area contributed by atoms with E-state index in [9.17, 15) is 4.79 Å². The molecule has 0 radical (unpaired) electrons. The van der Waals surface area contributed by atoms with E-state index in [2.05, 4.69) is 15.6 Å². The lowest BCUT2D eigenvalue weighted by Gasteiger charge is -2.19. The fourth-order valence-corrected chi connectivity index (χ4v) is 1.27. The van der Waals surface area contributed by atoms with Crippen LogP contribution in [-0.2, 0) is 11.3 Å². The maximum atomic E-state index is 11.5. The van der Waals surface area contributed by atoms with Crippen LogP contribution in [0.2, 0.25) is 0 Å². The Morgan fingerprint density at radius 3 is 2.81 bits per heavy atom. The van der Waals surface area contributed by atoms with Crippen LogP contribution < -0.4 is 5.32 Å². The molecule has 1 aromatic heterocycles. The predicted octanol–water partition coefficient (Wildman–Crippen LogP) is -0.199. The second-order valence-electron chi connectivity index (χ2n) is 4.02. The number of rotatable bonds is 6. The van der Waals surface area contributed by atoms with Gasteiger partial charge in [-0.1, -0.05) is 19.1 Å². The van der Waals surface area contributed by atoms with Gasteiger partial charge in [-0.05, 0) is 5.92 Å². The number of aryl methyl sites for hydroxylation is 1.